The third kappa shape index (κ3) is 6.25. The average molecular weight is 421 g/mol. The predicted octanol–water partition coefficient (Wildman–Crippen LogP) is 4.87. The summed E-state index contributed by atoms with van der Waals surface area (Å²) in [6, 6.07) is 14.0. The highest BCUT2D eigenvalue weighted by Gasteiger charge is 2.27. The molecule has 0 fully saturated rings. The molecule has 150 valence electrons. The minimum Gasteiger partial charge on any atom is -0.352 e. The van der Waals surface area contributed by atoms with Crippen LogP contribution in [0.4, 0.5) is 0 Å². The van der Waals surface area contributed by atoms with E-state index < -0.39 is 6.04 Å². The van der Waals surface area contributed by atoms with E-state index in [4.69, 9.17) is 23.2 Å². The van der Waals surface area contributed by atoms with Crippen LogP contribution in [0.1, 0.15) is 38.3 Å². The first-order valence-corrected chi connectivity index (χ1v) is 10.1. The van der Waals surface area contributed by atoms with Crippen LogP contribution in [0.2, 0.25) is 10.0 Å². The lowest BCUT2D eigenvalue weighted by atomic mass is 10.1. The monoisotopic (exact) mass is 420 g/mol. The fourth-order valence-electron chi connectivity index (χ4n) is 2.74. The van der Waals surface area contributed by atoms with Crippen LogP contribution >= 0.6 is 23.2 Å². The van der Waals surface area contributed by atoms with Gasteiger partial charge in [0.05, 0.1) is 6.42 Å². The minimum atomic E-state index is -0.611. The molecule has 2 atom stereocenters. The lowest BCUT2D eigenvalue weighted by Crippen LogP contribution is -2.49. The number of halogens is 2. The lowest BCUT2D eigenvalue weighted by Gasteiger charge is -2.30. The van der Waals surface area contributed by atoms with E-state index in [0.717, 1.165) is 17.5 Å². The molecule has 28 heavy (non-hydrogen) atoms. The highest BCUT2D eigenvalue weighted by atomic mass is 35.5. The van der Waals surface area contributed by atoms with Gasteiger partial charge in [0.15, 0.2) is 0 Å². The number of amides is 2. The van der Waals surface area contributed by atoms with Crippen molar-refractivity contribution < 1.29 is 9.59 Å². The summed E-state index contributed by atoms with van der Waals surface area (Å²) in [5.74, 6) is -0.328. The van der Waals surface area contributed by atoms with Crippen molar-refractivity contribution in [1.82, 2.24) is 10.2 Å². The Morgan fingerprint density at radius 1 is 1.04 bits per heavy atom. The van der Waals surface area contributed by atoms with Gasteiger partial charge in [-0.1, -0.05) is 60.5 Å². The number of hydrogen-bond acceptors (Lipinski definition) is 2. The van der Waals surface area contributed by atoms with Crippen LogP contribution in [-0.2, 0) is 22.6 Å². The zero-order valence-electron chi connectivity index (χ0n) is 16.4. The molecule has 2 aromatic carbocycles. The summed E-state index contributed by atoms with van der Waals surface area (Å²) in [5.41, 5.74) is 1.64. The highest BCUT2D eigenvalue weighted by molar-refractivity contribution is 6.31. The lowest BCUT2D eigenvalue weighted by molar-refractivity contribution is -0.140. The Kier molecular flexibility index (Phi) is 8.34. The van der Waals surface area contributed by atoms with Crippen molar-refractivity contribution in [2.45, 2.75) is 52.2 Å². The SMILES string of the molecule is CC[C@H](C)NC(=O)[C@@H](C)N(Cc1ccc(Cl)cc1)C(=O)Cc1ccccc1Cl. The van der Waals surface area contributed by atoms with Gasteiger partial charge >= 0.3 is 0 Å². The highest BCUT2D eigenvalue weighted by Crippen LogP contribution is 2.19. The third-order valence-electron chi connectivity index (χ3n) is 4.73. The van der Waals surface area contributed by atoms with Gasteiger partial charge in [-0.2, -0.15) is 0 Å². The smallest absolute Gasteiger partial charge is 0.242 e. The fraction of sp³-hybridized carbons (Fsp3) is 0.364. The zero-order valence-corrected chi connectivity index (χ0v) is 17.9. The first kappa shape index (κ1) is 22.3. The standard InChI is InChI=1S/C22H26Cl2N2O2/c1-4-15(2)25-22(28)16(3)26(14-17-9-11-19(23)12-10-17)21(27)13-18-7-5-6-8-20(18)24/h5-12,15-16H,4,13-14H2,1-3H3,(H,25,28)/t15-,16+/m0/s1. The number of rotatable bonds is 8. The largest absolute Gasteiger partial charge is 0.352 e. The van der Waals surface area contributed by atoms with Gasteiger partial charge in [-0.3, -0.25) is 9.59 Å². The van der Waals surface area contributed by atoms with Crippen molar-refractivity contribution in [2.24, 2.45) is 0 Å². The molecule has 0 heterocycles. The number of nitrogens with one attached hydrogen (secondary N) is 1. The van der Waals surface area contributed by atoms with Gasteiger partial charge in [-0.05, 0) is 49.6 Å². The van der Waals surface area contributed by atoms with Crippen LogP contribution in [0.5, 0.6) is 0 Å². The predicted molar refractivity (Wildman–Crippen MR) is 115 cm³/mol. The second kappa shape index (κ2) is 10.5. The number of carbonyl (C=O) groups excluding carboxylic acids is 2. The quantitative estimate of drug-likeness (QED) is 0.661. The molecule has 0 saturated heterocycles. The van der Waals surface area contributed by atoms with Crippen LogP contribution in [0.25, 0.3) is 0 Å². The molecule has 6 heteroatoms. The average Bonchev–Trinajstić information content (AvgIpc) is 2.68. The van der Waals surface area contributed by atoms with E-state index in [1.165, 1.54) is 0 Å². The van der Waals surface area contributed by atoms with Gasteiger partial charge in [0, 0.05) is 22.6 Å². The maximum atomic E-state index is 13.1. The maximum absolute atomic E-state index is 13.1. The molecule has 0 saturated carbocycles. The van der Waals surface area contributed by atoms with Gasteiger partial charge in [-0.25, -0.2) is 0 Å². The van der Waals surface area contributed by atoms with Gasteiger partial charge in [0.2, 0.25) is 11.8 Å². The van der Waals surface area contributed by atoms with Gasteiger partial charge in [-0.15, -0.1) is 0 Å². The molecule has 0 aliphatic heterocycles. The molecule has 4 nitrogen and oxygen atoms in total. The fourth-order valence-corrected chi connectivity index (χ4v) is 3.07. The summed E-state index contributed by atoms with van der Waals surface area (Å²) >= 11 is 12.2. The van der Waals surface area contributed by atoms with E-state index in [2.05, 4.69) is 5.32 Å². The summed E-state index contributed by atoms with van der Waals surface area (Å²) in [5, 5.41) is 4.12. The Bertz CT molecular complexity index is 808. The first-order chi connectivity index (χ1) is 13.3. The molecule has 2 aromatic rings. The third-order valence-corrected chi connectivity index (χ3v) is 5.35. The number of nitrogens with zero attached hydrogens (tertiary/aromatic N) is 1. The molecule has 2 rings (SSSR count). The van der Waals surface area contributed by atoms with Crippen molar-refractivity contribution in [3.63, 3.8) is 0 Å². The van der Waals surface area contributed by atoms with Crippen molar-refractivity contribution in [3.8, 4) is 0 Å². The van der Waals surface area contributed by atoms with Gasteiger partial charge in [0.1, 0.15) is 6.04 Å². The van der Waals surface area contributed by atoms with E-state index in [-0.39, 0.29) is 24.3 Å². The van der Waals surface area contributed by atoms with E-state index in [1.54, 1.807) is 30.0 Å². The summed E-state index contributed by atoms with van der Waals surface area (Å²) in [4.78, 5) is 27.4. The Balaban J connectivity index is 2.23. The van der Waals surface area contributed by atoms with Crippen molar-refractivity contribution in [1.29, 1.82) is 0 Å². The summed E-state index contributed by atoms with van der Waals surface area (Å²) in [7, 11) is 0. The van der Waals surface area contributed by atoms with Crippen LogP contribution in [0, 0.1) is 0 Å². The molecule has 0 bridgehead atoms. The minimum absolute atomic E-state index is 0.0472. The number of hydrogen-bond donors (Lipinski definition) is 1. The van der Waals surface area contributed by atoms with E-state index in [1.807, 2.05) is 44.2 Å². The zero-order chi connectivity index (χ0) is 20.7. The van der Waals surface area contributed by atoms with E-state index in [9.17, 15) is 9.59 Å². The van der Waals surface area contributed by atoms with Crippen molar-refractivity contribution in [2.75, 3.05) is 0 Å². The van der Waals surface area contributed by atoms with E-state index >= 15 is 0 Å². The van der Waals surface area contributed by atoms with Crippen molar-refractivity contribution >= 4 is 35.0 Å². The second-order valence-electron chi connectivity index (χ2n) is 6.91. The molecule has 2 amide bonds. The molecule has 1 N–H and O–H groups in total. The molecule has 0 radical (unpaired) electrons. The van der Waals surface area contributed by atoms with Crippen LogP contribution in [0.15, 0.2) is 48.5 Å². The number of benzene rings is 2. The van der Waals surface area contributed by atoms with Gasteiger partial charge in [0.25, 0.3) is 0 Å². The van der Waals surface area contributed by atoms with Gasteiger partial charge < -0.3 is 10.2 Å². The first-order valence-electron chi connectivity index (χ1n) is 9.39. The molecular formula is C22H26Cl2N2O2. The normalized spacial score (nSPS) is 12.9. The van der Waals surface area contributed by atoms with E-state index in [0.29, 0.717) is 16.6 Å². The Labute approximate surface area is 176 Å². The summed E-state index contributed by atoms with van der Waals surface area (Å²) in [6.45, 7) is 6.01. The van der Waals surface area contributed by atoms with Crippen LogP contribution in [-0.4, -0.2) is 28.8 Å². The Morgan fingerprint density at radius 3 is 2.29 bits per heavy atom. The topological polar surface area (TPSA) is 49.4 Å². The number of carbonyl (C=O) groups is 2. The molecule has 0 aliphatic carbocycles. The summed E-state index contributed by atoms with van der Waals surface area (Å²) in [6.07, 6.45) is 0.956. The molecule has 0 aromatic heterocycles. The molecule has 0 aliphatic rings. The van der Waals surface area contributed by atoms with Crippen LogP contribution in [0.3, 0.4) is 0 Å². The molecular weight excluding hydrogens is 395 g/mol. The second-order valence-corrected chi connectivity index (χ2v) is 7.75. The maximum Gasteiger partial charge on any atom is 0.242 e. The summed E-state index contributed by atoms with van der Waals surface area (Å²) < 4.78 is 0. The van der Waals surface area contributed by atoms with Crippen LogP contribution < -0.4 is 5.32 Å². The molecule has 0 unspecified atom stereocenters. The van der Waals surface area contributed by atoms with Crippen molar-refractivity contribution in [3.05, 3.63) is 69.7 Å². The Morgan fingerprint density at radius 2 is 1.68 bits per heavy atom. The Hall–Kier alpha value is -2.04. The molecule has 0 spiro atoms.